The molecule has 2 aromatic rings. The molecule has 0 bridgehead atoms. The average molecular weight is 537 g/mol. The second kappa shape index (κ2) is 9.07. The van der Waals surface area contributed by atoms with Gasteiger partial charge < -0.3 is 9.64 Å². The van der Waals surface area contributed by atoms with Crippen LogP contribution in [0.4, 0.5) is 11.4 Å². The van der Waals surface area contributed by atoms with Crippen molar-refractivity contribution in [3.63, 3.8) is 0 Å². The molecule has 0 spiro atoms. The van der Waals surface area contributed by atoms with Crippen molar-refractivity contribution in [3.8, 4) is 5.75 Å². The highest BCUT2D eigenvalue weighted by Gasteiger charge is 2.49. The Labute approximate surface area is 211 Å². The van der Waals surface area contributed by atoms with Crippen LogP contribution in [0, 0.1) is 24.7 Å². The van der Waals surface area contributed by atoms with E-state index in [2.05, 4.69) is 15.9 Å². The molecule has 2 heterocycles. The highest BCUT2D eigenvalue weighted by molar-refractivity contribution is 9.10. The summed E-state index contributed by atoms with van der Waals surface area (Å²) in [6, 6.07) is 12.2. The fourth-order valence-electron chi connectivity index (χ4n) is 5.15. The predicted octanol–water partition coefficient (Wildman–Crippen LogP) is 4.56. The monoisotopic (exact) mass is 536 g/mol. The largest absolute Gasteiger partial charge is 0.426 e. The number of halogens is 1. The van der Waals surface area contributed by atoms with Gasteiger partial charge in [0.2, 0.25) is 17.7 Å². The molecule has 0 unspecified atom stereocenters. The van der Waals surface area contributed by atoms with Crippen molar-refractivity contribution in [2.75, 3.05) is 16.3 Å². The molecule has 3 aliphatic rings. The van der Waals surface area contributed by atoms with Gasteiger partial charge in [0.05, 0.1) is 23.4 Å². The fraction of sp³-hybridized carbons (Fsp3) is 0.333. The SMILES string of the molecule is CC1=CC[C@@H]2C(=O)N(c3ccc(OC(=O)[C@@H]4CC(=O)N(c5ccc(Br)cc5)C4)cc3C)C(=O)[C@H]2C1. The van der Waals surface area contributed by atoms with Gasteiger partial charge in [-0.05, 0) is 74.7 Å². The fourth-order valence-corrected chi connectivity index (χ4v) is 5.42. The zero-order chi connectivity index (χ0) is 24.9. The molecule has 0 saturated carbocycles. The molecule has 35 heavy (non-hydrogen) atoms. The lowest BCUT2D eigenvalue weighted by Gasteiger charge is -2.19. The molecule has 0 N–H and O–H groups in total. The first-order chi connectivity index (χ1) is 16.7. The zero-order valence-corrected chi connectivity index (χ0v) is 21.1. The Morgan fingerprint density at radius 1 is 0.971 bits per heavy atom. The normalized spacial score (nSPS) is 24.0. The van der Waals surface area contributed by atoms with Crippen LogP contribution in [0.5, 0.6) is 5.75 Å². The Kier molecular flexibility index (Phi) is 6.09. The third-order valence-corrected chi connectivity index (χ3v) is 7.58. The summed E-state index contributed by atoms with van der Waals surface area (Å²) in [5, 5.41) is 0. The van der Waals surface area contributed by atoms with E-state index >= 15 is 0 Å². The van der Waals surface area contributed by atoms with Gasteiger partial charge in [0.1, 0.15) is 5.75 Å². The molecule has 0 radical (unpaired) electrons. The lowest BCUT2D eigenvalue weighted by molar-refractivity contribution is -0.139. The van der Waals surface area contributed by atoms with Crippen LogP contribution in [0.1, 0.15) is 31.7 Å². The third kappa shape index (κ3) is 4.31. The first-order valence-corrected chi connectivity index (χ1v) is 12.4. The number of nitrogens with zero attached hydrogens (tertiary/aromatic N) is 2. The van der Waals surface area contributed by atoms with Crippen molar-refractivity contribution in [3.05, 3.63) is 64.1 Å². The standard InChI is InChI=1S/C27H25BrN2O5/c1-15-3-9-21-22(11-15)26(33)30(25(21)32)23-10-8-20(12-16(23)2)35-27(34)17-13-24(31)29(14-17)19-6-4-18(28)5-7-19/h3-8,10,12,17,21-22H,9,11,13-14H2,1-2H3/t17-,21+,22+/m1/s1. The van der Waals surface area contributed by atoms with Crippen LogP contribution >= 0.6 is 15.9 Å². The number of hydrogen-bond donors (Lipinski definition) is 0. The summed E-state index contributed by atoms with van der Waals surface area (Å²) in [4.78, 5) is 54.2. The number of esters is 1. The molecule has 0 aromatic heterocycles. The maximum Gasteiger partial charge on any atom is 0.316 e. The highest BCUT2D eigenvalue weighted by atomic mass is 79.9. The highest BCUT2D eigenvalue weighted by Crippen LogP contribution is 2.41. The van der Waals surface area contributed by atoms with Crippen LogP contribution in [-0.2, 0) is 19.2 Å². The van der Waals surface area contributed by atoms with Gasteiger partial charge in [-0.2, -0.15) is 0 Å². The number of allylic oxidation sites excluding steroid dienone is 2. The van der Waals surface area contributed by atoms with Crippen molar-refractivity contribution in [1.82, 2.24) is 0 Å². The van der Waals surface area contributed by atoms with E-state index in [0.717, 1.165) is 15.7 Å². The van der Waals surface area contributed by atoms with E-state index in [9.17, 15) is 19.2 Å². The molecule has 1 aliphatic carbocycles. The van der Waals surface area contributed by atoms with Crippen LogP contribution in [0.25, 0.3) is 0 Å². The van der Waals surface area contributed by atoms with Gasteiger partial charge in [0.15, 0.2) is 0 Å². The van der Waals surface area contributed by atoms with E-state index in [1.165, 1.54) is 4.90 Å². The van der Waals surface area contributed by atoms with E-state index in [1.54, 1.807) is 30.0 Å². The number of fused-ring (bicyclic) bond motifs is 1. The smallest absolute Gasteiger partial charge is 0.316 e. The van der Waals surface area contributed by atoms with Crippen molar-refractivity contribution < 1.29 is 23.9 Å². The second-order valence-corrected chi connectivity index (χ2v) is 10.4. The Morgan fingerprint density at radius 3 is 2.40 bits per heavy atom. The number of anilines is 2. The van der Waals surface area contributed by atoms with Gasteiger partial charge in [-0.1, -0.05) is 27.6 Å². The first-order valence-electron chi connectivity index (χ1n) is 11.6. The van der Waals surface area contributed by atoms with E-state index in [1.807, 2.05) is 37.3 Å². The van der Waals surface area contributed by atoms with Crippen LogP contribution < -0.4 is 14.5 Å². The van der Waals surface area contributed by atoms with Crippen LogP contribution in [0.15, 0.2) is 58.6 Å². The van der Waals surface area contributed by atoms with Gasteiger partial charge in [-0.25, -0.2) is 4.90 Å². The van der Waals surface area contributed by atoms with Gasteiger partial charge >= 0.3 is 5.97 Å². The number of hydrogen-bond acceptors (Lipinski definition) is 5. The molecule has 8 heteroatoms. The minimum absolute atomic E-state index is 0.0823. The summed E-state index contributed by atoms with van der Waals surface area (Å²) >= 11 is 3.38. The Bertz CT molecular complexity index is 1270. The molecule has 180 valence electrons. The maximum absolute atomic E-state index is 13.0. The molecule has 2 aliphatic heterocycles. The number of benzene rings is 2. The molecule has 2 aromatic carbocycles. The molecule has 2 fully saturated rings. The van der Waals surface area contributed by atoms with Gasteiger partial charge in [0.25, 0.3) is 0 Å². The predicted molar refractivity (Wildman–Crippen MR) is 134 cm³/mol. The van der Waals surface area contributed by atoms with E-state index in [0.29, 0.717) is 29.8 Å². The quantitative estimate of drug-likeness (QED) is 0.247. The third-order valence-electron chi connectivity index (χ3n) is 7.05. The summed E-state index contributed by atoms with van der Waals surface area (Å²) in [5.41, 5.74) is 3.06. The molecular weight excluding hydrogens is 512 g/mol. The number of carbonyl (C=O) groups excluding carboxylic acids is 4. The Morgan fingerprint density at radius 2 is 1.69 bits per heavy atom. The number of carbonyl (C=O) groups is 4. The number of amides is 3. The van der Waals surface area contributed by atoms with E-state index in [4.69, 9.17) is 4.74 Å². The first kappa shape index (κ1) is 23.5. The van der Waals surface area contributed by atoms with Crippen LogP contribution in [0.3, 0.4) is 0 Å². The average Bonchev–Trinajstić information content (AvgIpc) is 3.32. The lowest BCUT2D eigenvalue weighted by atomic mass is 9.82. The van der Waals surface area contributed by atoms with Gasteiger partial charge in [-0.3, -0.25) is 19.2 Å². The summed E-state index contributed by atoms with van der Waals surface area (Å²) in [6.45, 7) is 4.03. The van der Waals surface area contributed by atoms with Crippen molar-refractivity contribution >= 4 is 51.0 Å². The maximum atomic E-state index is 13.0. The Balaban J connectivity index is 1.28. The minimum atomic E-state index is -0.577. The Hall–Kier alpha value is -3.26. The number of imide groups is 1. The van der Waals surface area contributed by atoms with E-state index in [-0.39, 0.29) is 42.5 Å². The summed E-state index contributed by atoms with van der Waals surface area (Å²) in [7, 11) is 0. The topological polar surface area (TPSA) is 84.0 Å². The molecule has 5 rings (SSSR count). The molecule has 3 amide bonds. The van der Waals surface area contributed by atoms with Crippen molar-refractivity contribution in [1.29, 1.82) is 0 Å². The number of ether oxygens (including phenoxy) is 1. The van der Waals surface area contributed by atoms with Crippen molar-refractivity contribution in [2.45, 2.75) is 33.1 Å². The van der Waals surface area contributed by atoms with Crippen LogP contribution in [-0.4, -0.2) is 30.2 Å². The van der Waals surface area contributed by atoms with Crippen LogP contribution in [0.2, 0.25) is 0 Å². The van der Waals surface area contributed by atoms with Crippen molar-refractivity contribution in [2.24, 2.45) is 17.8 Å². The molecule has 2 saturated heterocycles. The summed E-state index contributed by atoms with van der Waals surface area (Å²) in [6.07, 6.45) is 3.32. The molecule has 3 atom stereocenters. The lowest BCUT2D eigenvalue weighted by Crippen LogP contribution is -2.31. The molecular formula is C27H25BrN2O5. The number of rotatable bonds is 4. The molecule has 7 nitrogen and oxygen atoms in total. The number of aryl methyl sites for hydroxylation is 1. The minimum Gasteiger partial charge on any atom is -0.426 e. The van der Waals surface area contributed by atoms with Gasteiger partial charge in [0, 0.05) is 23.1 Å². The van der Waals surface area contributed by atoms with E-state index < -0.39 is 11.9 Å². The summed E-state index contributed by atoms with van der Waals surface area (Å²) < 4.78 is 6.50. The zero-order valence-electron chi connectivity index (χ0n) is 19.5. The van der Waals surface area contributed by atoms with Gasteiger partial charge in [-0.15, -0.1) is 0 Å². The second-order valence-electron chi connectivity index (χ2n) is 9.47. The summed E-state index contributed by atoms with van der Waals surface area (Å²) in [5.74, 6) is -1.82.